The summed E-state index contributed by atoms with van der Waals surface area (Å²) in [5.41, 5.74) is 2.43. The molecule has 2 nitrogen and oxygen atoms in total. The van der Waals surface area contributed by atoms with Gasteiger partial charge in [0.1, 0.15) is 12.4 Å². The van der Waals surface area contributed by atoms with E-state index in [1.807, 2.05) is 18.2 Å². The van der Waals surface area contributed by atoms with E-state index in [-0.39, 0.29) is 5.04 Å². The summed E-state index contributed by atoms with van der Waals surface area (Å²) >= 11 is 3.78. The van der Waals surface area contributed by atoms with Crippen LogP contribution in [0, 0.1) is 0 Å². The molecule has 0 radical (unpaired) electrons. The molecule has 4 heteroatoms. The van der Waals surface area contributed by atoms with Crippen molar-refractivity contribution in [2.75, 3.05) is 0 Å². The Kier molecular flexibility index (Phi) is 4.86. The lowest BCUT2D eigenvalue weighted by molar-refractivity contribution is 0.310. The maximum absolute atomic E-state index is 6.17. The normalized spacial score (nSPS) is 12.6. The number of rotatable bonds is 4. The van der Waals surface area contributed by atoms with E-state index >= 15 is 0 Å². The van der Waals surface area contributed by atoms with Crippen molar-refractivity contribution < 1.29 is 4.74 Å². The molecule has 0 saturated carbocycles. The van der Waals surface area contributed by atoms with Crippen molar-refractivity contribution in [1.29, 1.82) is 0 Å². The van der Waals surface area contributed by atoms with Crippen molar-refractivity contribution in [2.24, 2.45) is 0 Å². The summed E-state index contributed by atoms with van der Waals surface area (Å²) < 4.78 is 9.78. The first-order valence-corrected chi connectivity index (χ1v) is 12.4. The summed E-state index contributed by atoms with van der Waals surface area (Å²) in [6.45, 7) is 12.5. The summed E-state index contributed by atoms with van der Waals surface area (Å²) in [4.78, 5) is 0. The Morgan fingerprint density at radius 2 is 1.68 bits per heavy atom. The van der Waals surface area contributed by atoms with Gasteiger partial charge in [-0.3, -0.25) is 0 Å². The Balaban J connectivity index is 2.03. The first-order valence-electron chi connectivity index (χ1n) is 8.68. The lowest BCUT2D eigenvalue weighted by Gasteiger charge is -2.38. The number of hydrogen-bond donors (Lipinski definition) is 0. The SMILES string of the molecule is CC(C)(C)[Si](C)(C)n1cc(Br)c2c(OCc3ccccc3)cccc21. The van der Waals surface area contributed by atoms with Gasteiger partial charge in [0.25, 0.3) is 0 Å². The molecular weight excluding hydrogens is 390 g/mol. The Hall–Kier alpha value is -1.52. The van der Waals surface area contributed by atoms with Crippen molar-refractivity contribution in [1.82, 2.24) is 4.23 Å². The van der Waals surface area contributed by atoms with E-state index < -0.39 is 8.24 Å². The standard InChI is InChI=1S/C21H26BrNOSi/c1-21(2,3)25(4,5)23-14-17(22)20-18(23)12-9-13-19(20)24-15-16-10-7-6-8-11-16/h6-14H,15H2,1-5H3. The van der Waals surface area contributed by atoms with Crippen LogP contribution < -0.4 is 4.74 Å². The highest BCUT2D eigenvalue weighted by Gasteiger charge is 2.38. The van der Waals surface area contributed by atoms with E-state index in [4.69, 9.17) is 4.74 Å². The first-order chi connectivity index (χ1) is 11.7. The molecular formula is C21H26BrNOSi. The second-order valence-corrected chi connectivity index (χ2v) is 14.0. The molecule has 132 valence electrons. The average Bonchev–Trinajstić information content (AvgIpc) is 2.91. The fourth-order valence-electron chi connectivity index (χ4n) is 2.89. The van der Waals surface area contributed by atoms with Crippen LogP contribution in [-0.2, 0) is 6.61 Å². The van der Waals surface area contributed by atoms with Gasteiger partial charge < -0.3 is 8.97 Å². The quantitative estimate of drug-likeness (QED) is 0.425. The monoisotopic (exact) mass is 415 g/mol. The Morgan fingerprint density at radius 1 is 1.00 bits per heavy atom. The minimum absolute atomic E-state index is 0.263. The zero-order valence-corrected chi connectivity index (χ0v) is 18.2. The number of hydrogen-bond acceptors (Lipinski definition) is 1. The van der Waals surface area contributed by atoms with Crippen molar-refractivity contribution in [3.8, 4) is 5.75 Å². The van der Waals surface area contributed by atoms with E-state index in [1.165, 1.54) is 16.5 Å². The molecule has 0 aliphatic carbocycles. The molecule has 0 saturated heterocycles. The smallest absolute Gasteiger partial charge is 0.161 e. The molecule has 25 heavy (non-hydrogen) atoms. The number of nitrogens with zero attached hydrogens (tertiary/aromatic N) is 1. The highest BCUT2D eigenvalue weighted by molar-refractivity contribution is 9.10. The van der Waals surface area contributed by atoms with Crippen LogP contribution in [0.1, 0.15) is 26.3 Å². The molecule has 1 heterocycles. The van der Waals surface area contributed by atoms with Gasteiger partial charge in [-0.25, -0.2) is 0 Å². The largest absolute Gasteiger partial charge is 0.488 e. The fraction of sp³-hybridized carbons (Fsp3) is 0.333. The van der Waals surface area contributed by atoms with Crippen molar-refractivity contribution in [3.05, 3.63) is 64.8 Å². The summed E-state index contributed by atoms with van der Waals surface area (Å²) in [5.74, 6) is 0.936. The molecule has 0 N–H and O–H groups in total. The summed E-state index contributed by atoms with van der Waals surface area (Å²) in [7, 11) is -1.70. The number of benzene rings is 2. The predicted octanol–water partition coefficient (Wildman–Crippen LogP) is 6.84. The van der Waals surface area contributed by atoms with Crippen LogP contribution in [0.25, 0.3) is 10.9 Å². The van der Waals surface area contributed by atoms with Gasteiger partial charge in [0.2, 0.25) is 0 Å². The van der Waals surface area contributed by atoms with Crippen LogP contribution in [0.4, 0.5) is 0 Å². The van der Waals surface area contributed by atoms with E-state index in [0.717, 1.165) is 10.2 Å². The lowest BCUT2D eigenvalue weighted by atomic mass is 10.2. The fourth-order valence-corrected chi connectivity index (χ4v) is 5.64. The van der Waals surface area contributed by atoms with Crippen LogP contribution in [0.2, 0.25) is 18.1 Å². The van der Waals surface area contributed by atoms with Crippen LogP contribution in [0.5, 0.6) is 5.75 Å². The minimum Gasteiger partial charge on any atom is -0.488 e. The predicted molar refractivity (Wildman–Crippen MR) is 113 cm³/mol. The third-order valence-corrected chi connectivity index (χ3v) is 11.3. The number of aromatic nitrogens is 1. The van der Waals surface area contributed by atoms with Gasteiger partial charge in [-0.1, -0.05) is 70.3 Å². The maximum atomic E-state index is 6.17. The zero-order valence-electron chi connectivity index (χ0n) is 15.6. The third kappa shape index (κ3) is 3.42. The van der Waals surface area contributed by atoms with Gasteiger partial charge >= 0.3 is 0 Å². The minimum atomic E-state index is -1.70. The first kappa shape index (κ1) is 18.3. The van der Waals surface area contributed by atoms with E-state index in [9.17, 15) is 0 Å². The van der Waals surface area contributed by atoms with Crippen LogP contribution in [-0.4, -0.2) is 12.5 Å². The number of halogens is 1. The highest BCUT2D eigenvalue weighted by atomic mass is 79.9. The molecule has 0 unspecified atom stereocenters. The average molecular weight is 416 g/mol. The molecule has 0 aliphatic rings. The Labute approximate surface area is 160 Å². The Morgan fingerprint density at radius 3 is 2.32 bits per heavy atom. The molecule has 3 rings (SSSR count). The van der Waals surface area contributed by atoms with Crippen molar-refractivity contribution >= 4 is 35.1 Å². The van der Waals surface area contributed by atoms with Crippen molar-refractivity contribution in [2.45, 2.75) is 45.5 Å². The van der Waals surface area contributed by atoms with E-state index in [0.29, 0.717) is 6.61 Å². The van der Waals surface area contributed by atoms with Crippen LogP contribution in [0.15, 0.2) is 59.2 Å². The molecule has 0 bridgehead atoms. The van der Waals surface area contributed by atoms with Crippen LogP contribution in [0.3, 0.4) is 0 Å². The zero-order chi connectivity index (χ0) is 18.2. The molecule has 3 aromatic rings. The second-order valence-electron chi connectivity index (χ2n) is 8.08. The summed E-state index contributed by atoms with van der Waals surface area (Å²) in [5, 5.41) is 1.43. The van der Waals surface area contributed by atoms with E-state index in [2.05, 4.69) is 90.6 Å². The third-order valence-electron chi connectivity index (χ3n) is 5.42. The van der Waals surface area contributed by atoms with Gasteiger partial charge in [0, 0.05) is 16.2 Å². The van der Waals surface area contributed by atoms with Gasteiger partial charge in [-0.2, -0.15) is 0 Å². The van der Waals surface area contributed by atoms with E-state index in [1.54, 1.807) is 0 Å². The second kappa shape index (κ2) is 6.65. The number of ether oxygens (including phenoxy) is 1. The molecule has 1 aromatic heterocycles. The van der Waals surface area contributed by atoms with Crippen molar-refractivity contribution in [3.63, 3.8) is 0 Å². The van der Waals surface area contributed by atoms with Gasteiger partial charge in [-0.15, -0.1) is 0 Å². The highest BCUT2D eigenvalue weighted by Crippen LogP contribution is 2.42. The molecule has 0 amide bonds. The Bertz CT molecular complexity index is 878. The summed E-state index contributed by atoms with van der Waals surface area (Å²) in [6.07, 6.45) is 2.25. The number of fused-ring (bicyclic) bond motifs is 1. The molecule has 0 fully saturated rings. The van der Waals surface area contributed by atoms with Gasteiger partial charge in [-0.05, 0) is 38.7 Å². The van der Waals surface area contributed by atoms with Gasteiger partial charge in [0.05, 0.1) is 5.39 Å². The molecule has 0 aliphatic heterocycles. The molecule has 2 aromatic carbocycles. The summed E-state index contributed by atoms with van der Waals surface area (Å²) in [6, 6.07) is 16.7. The topological polar surface area (TPSA) is 14.2 Å². The molecule has 0 spiro atoms. The lowest BCUT2D eigenvalue weighted by Crippen LogP contribution is -2.44. The maximum Gasteiger partial charge on any atom is 0.161 e. The van der Waals surface area contributed by atoms with Crippen LogP contribution >= 0.6 is 15.9 Å². The van der Waals surface area contributed by atoms with Gasteiger partial charge in [0.15, 0.2) is 8.24 Å². The molecule has 0 atom stereocenters.